The summed E-state index contributed by atoms with van der Waals surface area (Å²) in [5, 5.41) is 2.70. The molecule has 0 aliphatic rings. The number of nitrogens with zero attached hydrogens (tertiary/aromatic N) is 1. The van der Waals surface area contributed by atoms with Gasteiger partial charge in [-0.25, -0.2) is 4.39 Å². The van der Waals surface area contributed by atoms with Crippen LogP contribution in [0.2, 0.25) is 0 Å². The third-order valence-electron chi connectivity index (χ3n) is 2.78. The fourth-order valence-corrected chi connectivity index (χ4v) is 1.73. The Kier molecular flexibility index (Phi) is 3.87. The van der Waals surface area contributed by atoms with Crippen molar-refractivity contribution in [2.45, 2.75) is 13.5 Å². The highest BCUT2D eigenvalue weighted by atomic mass is 19.1. The molecule has 0 saturated heterocycles. The van der Waals surface area contributed by atoms with E-state index in [0.29, 0.717) is 22.5 Å². The summed E-state index contributed by atoms with van der Waals surface area (Å²) in [6, 6.07) is 7.69. The second-order valence-electron chi connectivity index (χ2n) is 4.10. The van der Waals surface area contributed by atoms with Crippen molar-refractivity contribution in [3.05, 3.63) is 59.2 Å². The lowest BCUT2D eigenvalue weighted by molar-refractivity contribution is 0.102. The van der Waals surface area contributed by atoms with E-state index in [0.717, 1.165) is 0 Å². The Morgan fingerprint density at radius 3 is 2.89 bits per heavy atom. The molecule has 5 heteroatoms. The van der Waals surface area contributed by atoms with E-state index >= 15 is 0 Å². The Balaban J connectivity index is 2.22. The van der Waals surface area contributed by atoms with Crippen LogP contribution in [0.5, 0.6) is 0 Å². The van der Waals surface area contributed by atoms with Gasteiger partial charge >= 0.3 is 0 Å². The lowest BCUT2D eigenvalue weighted by Gasteiger charge is -2.08. The third-order valence-corrected chi connectivity index (χ3v) is 2.78. The second-order valence-corrected chi connectivity index (χ2v) is 4.10. The summed E-state index contributed by atoms with van der Waals surface area (Å²) < 4.78 is 13.3. The standard InChI is InChI=1S/C14H14FN3O/c1-9-12(3-2-6-17-9)14(19)18-11-4-5-13(15)10(7-11)8-16/h2-7H,8,16H2,1H3,(H,18,19). The summed E-state index contributed by atoms with van der Waals surface area (Å²) in [5.41, 5.74) is 7.42. The molecule has 0 atom stereocenters. The van der Waals surface area contributed by atoms with Crippen molar-refractivity contribution in [2.75, 3.05) is 5.32 Å². The van der Waals surface area contributed by atoms with Crippen LogP contribution in [-0.2, 0) is 6.54 Å². The molecule has 1 aromatic heterocycles. The molecule has 3 N–H and O–H groups in total. The Bertz CT molecular complexity index is 613. The first-order valence-electron chi connectivity index (χ1n) is 5.83. The highest BCUT2D eigenvalue weighted by Gasteiger charge is 2.10. The number of aryl methyl sites for hydroxylation is 1. The van der Waals surface area contributed by atoms with Crippen LogP contribution in [0.4, 0.5) is 10.1 Å². The summed E-state index contributed by atoms with van der Waals surface area (Å²) in [4.78, 5) is 16.1. The van der Waals surface area contributed by atoms with Gasteiger partial charge in [0.15, 0.2) is 0 Å². The first-order chi connectivity index (χ1) is 9.11. The van der Waals surface area contributed by atoms with E-state index in [-0.39, 0.29) is 18.3 Å². The molecule has 2 aromatic rings. The number of aromatic nitrogens is 1. The zero-order chi connectivity index (χ0) is 13.8. The third kappa shape index (κ3) is 2.95. The zero-order valence-corrected chi connectivity index (χ0v) is 10.5. The number of amides is 1. The maximum atomic E-state index is 13.3. The molecule has 0 radical (unpaired) electrons. The Labute approximate surface area is 110 Å². The summed E-state index contributed by atoms with van der Waals surface area (Å²) in [6.07, 6.45) is 1.62. The van der Waals surface area contributed by atoms with Gasteiger partial charge in [-0.15, -0.1) is 0 Å². The fraction of sp³-hybridized carbons (Fsp3) is 0.143. The number of carbonyl (C=O) groups is 1. The lowest BCUT2D eigenvalue weighted by atomic mass is 10.1. The predicted molar refractivity (Wildman–Crippen MR) is 71.2 cm³/mol. The van der Waals surface area contributed by atoms with Gasteiger partial charge in [0, 0.05) is 29.7 Å². The molecule has 0 saturated carbocycles. The number of pyridine rings is 1. The maximum absolute atomic E-state index is 13.3. The fourth-order valence-electron chi connectivity index (χ4n) is 1.73. The van der Waals surface area contributed by atoms with E-state index < -0.39 is 0 Å². The molecule has 0 aliphatic carbocycles. The van der Waals surface area contributed by atoms with Crippen molar-refractivity contribution in [3.8, 4) is 0 Å². The van der Waals surface area contributed by atoms with Crippen LogP contribution < -0.4 is 11.1 Å². The molecule has 0 bridgehead atoms. The Morgan fingerprint density at radius 2 is 2.21 bits per heavy atom. The first kappa shape index (κ1) is 13.2. The van der Waals surface area contributed by atoms with Crippen LogP contribution in [0.3, 0.4) is 0 Å². The van der Waals surface area contributed by atoms with E-state index in [9.17, 15) is 9.18 Å². The normalized spacial score (nSPS) is 10.3. The largest absolute Gasteiger partial charge is 0.326 e. The molecule has 0 unspecified atom stereocenters. The van der Waals surface area contributed by atoms with E-state index in [1.165, 1.54) is 18.2 Å². The monoisotopic (exact) mass is 259 g/mol. The van der Waals surface area contributed by atoms with E-state index in [2.05, 4.69) is 10.3 Å². The van der Waals surface area contributed by atoms with Crippen LogP contribution in [0.15, 0.2) is 36.5 Å². The minimum atomic E-state index is -0.377. The van der Waals surface area contributed by atoms with E-state index in [4.69, 9.17) is 5.73 Å². The van der Waals surface area contributed by atoms with Gasteiger partial charge < -0.3 is 11.1 Å². The van der Waals surface area contributed by atoms with Crippen molar-refractivity contribution in [2.24, 2.45) is 5.73 Å². The minimum Gasteiger partial charge on any atom is -0.326 e. The number of rotatable bonds is 3. The quantitative estimate of drug-likeness (QED) is 0.888. The molecule has 4 nitrogen and oxygen atoms in total. The van der Waals surface area contributed by atoms with Crippen LogP contribution in [0.25, 0.3) is 0 Å². The average molecular weight is 259 g/mol. The molecule has 0 aliphatic heterocycles. The molecule has 1 aromatic carbocycles. The second kappa shape index (κ2) is 5.58. The van der Waals surface area contributed by atoms with Crippen LogP contribution in [-0.4, -0.2) is 10.9 Å². The van der Waals surface area contributed by atoms with Crippen molar-refractivity contribution in [1.29, 1.82) is 0 Å². The van der Waals surface area contributed by atoms with Crippen molar-refractivity contribution < 1.29 is 9.18 Å². The van der Waals surface area contributed by atoms with Crippen molar-refractivity contribution >= 4 is 11.6 Å². The molecular weight excluding hydrogens is 245 g/mol. The van der Waals surface area contributed by atoms with Crippen LogP contribution >= 0.6 is 0 Å². The number of carbonyl (C=O) groups excluding carboxylic acids is 1. The van der Waals surface area contributed by atoms with Crippen LogP contribution in [0.1, 0.15) is 21.6 Å². The maximum Gasteiger partial charge on any atom is 0.257 e. The number of hydrogen-bond donors (Lipinski definition) is 2. The van der Waals surface area contributed by atoms with Gasteiger partial charge in [-0.1, -0.05) is 0 Å². The van der Waals surface area contributed by atoms with Gasteiger partial charge in [0.25, 0.3) is 5.91 Å². The summed E-state index contributed by atoms with van der Waals surface area (Å²) >= 11 is 0. The summed E-state index contributed by atoms with van der Waals surface area (Å²) in [5.74, 6) is -0.654. The topological polar surface area (TPSA) is 68.0 Å². The molecule has 1 amide bonds. The molecule has 0 spiro atoms. The van der Waals surface area contributed by atoms with Crippen LogP contribution in [0, 0.1) is 12.7 Å². The molecule has 19 heavy (non-hydrogen) atoms. The van der Waals surface area contributed by atoms with Gasteiger partial charge in [-0.2, -0.15) is 0 Å². The highest BCUT2D eigenvalue weighted by Crippen LogP contribution is 2.16. The SMILES string of the molecule is Cc1ncccc1C(=O)Nc1ccc(F)c(CN)c1. The number of benzene rings is 1. The van der Waals surface area contributed by atoms with Crippen molar-refractivity contribution in [1.82, 2.24) is 4.98 Å². The van der Waals surface area contributed by atoms with Gasteiger partial charge in [-0.3, -0.25) is 9.78 Å². The van der Waals surface area contributed by atoms with E-state index in [1.54, 1.807) is 25.3 Å². The predicted octanol–water partition coefficient (Wildman–Crippen LogP) is 2.24. The molecular formula is C14H14FN3O. The number of anilines is 1. The average Bonchev–Trinajstić information content (AvgIpc) is 2.41. The number of nitrogens with one attached hydrogen (secondary N) is 1. The number of hydrogen-bond acceptors (Lipinski definition) is 3. The van der Waals surface area contributed by atoms with E-state index in [1.807, 2.05) is 0 Å². The van der Waals surface area contributed by atoms with Crippen molar-refractivity contribution in [3.63, 3.8) is 0 Å². The molecule has 98 valence electrons. The number of halogens is 1. The first-order valence-corrected chi connectivity index (χ1v) is 5.83. The smallest absolute Gasteiger partial charge is 0.257 e. The molecule has 0 fully saturated rings. The van der Waals surface area contributed by atoms with Gasteiger partial charge in [-0.05, 0) is 37.3 Å². The number of nitrogens with two attached hydrogens (primary N) is 1. The minimum absolute atomic E-state index is 0.0848. The highest BCUT2D eigenvalue weighted by molar-refractivity contribution is 6.04. The van der Waals surface area contributed by atoms with Gasteiger partial charge in [0.2, 0.25) is 0 Å². The molecule has 1 heterocycles. The Hall–Kier alpha value is -2.27. The molecule has 2 rings (SSSR count). The Morgan fingerprint density at radius 1 is 1.42 bits per heavy atom. The zero-order valence-electron chi connectivity index (χ0n) is 10.5. The lowest BCUT2D eigenvalue weighted by Crippen LogP contribution is -2.14. The van der Waals surface area contributed by atoms with Gasteiger partial charge in [0.05, 0.1) is 5.56 Å². The van der Waals surface area contributed by atoms with Gasteiger partial charge in [0.1, 0.15) is 5.82 Å². The summed E-state index contributed by atoms with van der Waals surface area (Å²) in [7, 11) is 0. The summed E-state index contributed by atoms with van der Waals surface area (Å²) in [6.45, 7) is 1.84.